The third-order valence-corrected chi connectivity index (χ3v) is 7.64. The van der Waals surface area contributed by atoms with E-state index in [4.69, 9.17) is 4.52 Å². The number of rotatable bonds is 9. The van der Waals surface area contributed by atoms with Crippen molar-refractivity contribution in [1.29, 1.82) is 0 Å². The van der Waals surface area contributed by atoms with Gasteiger partial charge in [-0.25, -0.2) is 0 Å². The van der Waals surface area contributed by atoms with Gasteiger partial charge in [-0.05, 0) is 56.5 Å². The Bertz CT molecular complexity index is 1380. The number of benzene rings is 2. The maximum atomic E-state index is 13.1. The van der Waals surface area contributed by atoms with E-state index < -0.39 is 0 Å². The number of carbonyl (C=O) groups excluding carboxylic acids is 3. The van der Waals surface area contributed by atoms with E-state index >= 15 is 0 Å². The summed E-state index contributed by atoms with van der Waals surface area (Å²) >= 11 is 0. The average molecular weight is 545 g/mol. The number of aromatic nitrogens is 1. The summed E-state index contributed by atoms with van der Waals surface area (Å²) in [7, 11) is 0. The summed E-state index contributed by atoms with van der Waals surface area (Å²) in [6, 6.07) is 13.8. The van der Waals surface area contributed by atoms with Crippen molar-refractivity contribution in [3.8, 4) is 0 Å². The summed E-state index contributed by atoms with van der Waals surface area (Å²) in [5, 5.41) is 9.75. The molecule has 0 bridgehead atoms. The van der Waals surface area contributed by atoms with E-state index in [9.17, 15) is 14.4 Å². The zero-order chi connectivity index (χ0) is 28.1. The quantitative estimate of drug-likeness (QED) is 0.396. The third kappa shape index (κ3) is 6.11. The van der Waals surface area contributed by atoms with Crippen molar-refractivity contribution in [3.63, 3.8) is 0 Å². The summed E-state index contributed by atoms with van der Waals surface area (Å²) in [4.78, 5) is 44.3. The fraction of sp³-hybridized carbons (Fsp3) is 0.400. The molecule has 0 unspecified atom stereocenters. The summed E-state index contributed by atoms with van der Waals surface area (Å²) in [6.45, 7) is 8.95. The molecule has 2 aliphatic rings. The minimum absolute atomic E-state index is 0.185. The Morgan fingerprint density at radius 1 is 0.950 bits per heavy atom. The maximum Gasteiger partial charge on any atom is 0.260 e. The highest BCUT2D eigenvalue weighted by atomic mass is 16.5. The fourth-order valence-electron chi connectivity index (χ4n) is 5.37. The summed E-state index contributed by atoms with van der Waals surface area (Å²) in [5.74, 6) is -0.378. The Morgan fingerprint density at radius 2 is 1.70 bits per heavy atom. The van der Waals surface area contributed by atoms with Crippen molar-refractivity contribution < 1.29 is 18.9 Å². The molecule has 2 fully saturated rings. The second kappa shape index (κ2) is 12.2. The first kappa shape index (κ1) is 27.2. The second-order valence-electron chi connectivity index (χ2n) is 10.4. The molecule has 5 rings (SSSR count). The minimum Gasteiger partial charge on any atom is -0.368 e. The summed E-state index contributed by atoms with van der Waals surface area (Å²) in [6.07, 6.45) is 3.54. The van der Waals surface area contributed by atoms with Gasteiger partial charge in [0.05, 0.1) is 17.1 Å². The number of hydrogen-bond donors (Lipinski definition) is 2. The molecule has 210 valence electrons. The van der Waals surface area contributed by atoms with Crippen molar-refractivity contribution in [2.24, 2.45) is 0 Å². The van der Waals surface area contributed by atoms with Crippen molar-refractivity contribution in [3.05, 3.63) is 71.1 Å². The highest BCUT2D eigenvalue weighted by Crippen LogP contribution is 2.30. The Hall–Kier alpha value is -4.34. The number of anilines is 3. The van der Waals surface area contributed by atoms with Crippen LogP contribution in [0, 0.1) is 13.8 Å². The predicted molar refractivity (Wildman–Crippen MR) is 154 cm³/mol. The van der Waals surface area contributed by atoms with Crippen LogP contribution in [0.1, 0.15) is 51.2 Å². The van der Waals surface area contributed by atoms with Crippen LogP contribution in [0.3, 0.4) is 0 Å². The number of nitrogens with zero attached hydrogens (tertiary/aromatic N) is 4. The Morgan fingerprint density at radius 3 is 2.38 bits per heavy atom. The largest absolute Gasteiger partial charge is 0.368 e. The van der Waals surface area contributed by atoms with Gasteiger partial charge in [-0.2, -0.15) is 0 Å². The lowest BCUT2D eigenvalue weighted by atomic mass is 10.1. The topological polar surface area (TPSA) is 111 Å². The molecule has 3 aromatic rings. The molecule has 0 aliphatic carbocycles. The number of likely N-dealkylation sites (tertiary alicyclic amines) is 1. The van der Waals surface area contributed by atoms with Crippen LogP contribution in [0.25, 0.3) is 0 Å². The lowest BCUT2D eigenvalue weighted by molar-refractivity contribution is -0.127. The molecule has 2 N–H and O–H groups in total. The molecular weight excluding hydrogens is 508 g/mol. The summed E-state index contributed by atoms with van der Waals surface area (Å²) < 4.78 is 4.96. The predicted octanol–water partition coefficient (Wildman–Crippen LogP) is 3.61. The van der Waals surface area contributed by atoms with Gasteiger partial charge in [0.2, 0.25) is 5.91 Å². The molecule has 1 aromatic heterocycles. The molecule has 10 nitrogen and oxygen atoms in total. The van der Waals surface area contributed by atoms with Crippen LogP contribution in [0.15, 0.2) is 53.3 Å². The van der Waals surface area contributed by atoms with Crippen LogP contribution in [0.4, 0.5) is 17.1 Å². The van der Waals surface area contributed by atoms with Crippen LogP contribution in [0.2, 0.25) is 0 Å². The molecule has 2 saturated heterocycles. The van der Waals surface area contributed by atoms with Gasteiger partial charge in [-0.15, -0.1) is 0 Å². The molecule has 2 aromatic carbocycles. The monoisotopic (exact) mass is 544 g/mol. The van der Waals surface area contributed by atoms with E-state index in [-0.39, 0.29) is 17.7 Å². The molecular formula is C30H36N6O4. The lowest BCUT2D eigenvalue weighted by Gasteiger charge is -2.38. The first-order chi connectivity index (χ1) is 19.4. The lowest BCUT2D eigenvalue weighted by Crippen LogP contribution is -2.47. The van der Waals surface area contributed by atoms with Gasteiger partial charge >= 0.3 is 0 Å². The van der Waals surface area contributed by atoms with Gasteiger partial charge in [-0.1, -0.05) is 23.4 Å². The molecule has 0 radical (unpaired) electrons. The number of nitrogens with one attached hydrogen (secondary N) is 2. The van der Waals surface area contributed by atoms with Gasteiger partial charge in [0, 0.05) is 63.5 Å². The maximum absolute atomic E-state index is 13.1. The zero-order valence-corrected chi connectivity index (χ0v) is 23.1. The van der Waals surface area contributed by atoms with Crippen molar-refractivity contribution in [2.75, 3.05) is 60.9 Å². The van der Waals surface area contributed by atoms with Crippen LogP contribution in [-0.4, -0.2) is 73.6 Å². The van der Waals surface area contributed by atoms with Gasteiger partial charge in [0.1, 0.15) is 11.8 Å². The van der Waals surface area contributed by atoms with Crippen LogP contribution < -0.4 is 20.4 Å². The van der Waals surface area contributed by atoms with Crippen molar-refractivity contribution >= 4 is 34.8 Å². The number of para-hydroxylation sites is 1. The Labute approximate surface area is 234 Å². The Kier molecular flexibility index (Phi) is 8.33. The van der Waals surface area contributed by atoms with E-state index in [1.165, 1.54) is 17.5 Å². The molecule has 0 atom stereocenters. The zero-order valence-electron chi connectivity index (χ0n) is 23.1. The first-order valence-corrected chi connectivity index (χ1v) is 13.9. The van der Waals surface area contributed by atoms with Crippen molar-refractivity contribution in [1.82, 2.24) is 15.4 Å². The smallest absolute Gasteiger partial charge is 0.260 e. The van der Waals surface area contributed by atoms with E-state index in [0.717, 1.165) is 44.8 Å². The fourth-order valence-corrected chi connectivity index (χ4v) is 5.37. The van der Waals surface area contributed by atoms with Gasteiger partial charge < -0.3 is 29.9 Å². The molecule has 2 aliphatic heterocycles. The third-order valence-electron chi connectivity index (χ3n) is 7.64. The van der Waals surface area contributed by atoms with E-state index in [0.29, 0.717) is 48.4 Å². The molecule has 0 spiro atoms. The number of carbonyl (C=O) groups is 3. The normalized spacial score (nSPS) is 15.4. The number of hydrogen-bond acceptors (Lipinski definition) is 7. The number of piperazine rings is 1. The van der Waals surface area contributed by atoms with E-state index in [1.54, 1.807) is 19.1 Å². The van der Waals surface area contributed by atoms with Gasteiger partial charge in [0.15, 0.2) is 0 Å². The van der Waals surface area contributed by atoms with E-state index in [2.05, 4.69) is 50.7 Å². The highest BCUT2D eigenvalue weighted by Gasteiger charge is 2.24. The van der Waals surface area contributed by atoms with Crippen molar-refractivity contribution in [2.45, 2.75) is 33.1 Å². The van der Waals surface area contributed by atoms with Crippen LogP contribution in [0.5, 0.6) is 0 Å². The van der Waals surface area contributed by atoms with Gasteiger partial charge in [-0.3, -0.25) is 14.4 Å². The molecule has 10 heteroatoms. The molecule has 0 saturated carbocycles. The van der Waals surface area contributed by atoms with Gasteiger partial charge in [0.25, 0.3) is 11.8 Å². The first-order valence-electron chi connectivity index (χ1n) is 13.9. The minimum atomic E-state index is -0.341. The molecule has 40 heavy (non-hydrogen) atoms. The average Bonchev–Trinajstić information content (AvgIpc) is 3.58. The van der Waals surface area contributed by atoms with Crippen LogP contribution in [-0.2, 0) is 4.79 Å². The summed E-state index contributed by atoms with van der Waals surface area (Å²) in [5.41, 5.74) is 5.20. The number of aryl methyl sites for hydroxylation is 2. The standard InChI is InChI=1S/C30H36N6O4/c1-21-7-3-4-8-26(21)34-15-17-35(18-16-34)27-11-10-23(19-25(27)32-30(39)24-20-40-33-22(24)2)29(38)31-12-6-14-36-13-5-9-28(36)37/h3-4,7-8,10-11,19-20H,5-6,9,12-18H2,1-2H3,(H,31,38)(H,32,39). The Balaban J connectivity index is 1.29. The molecule has 3 amide bonds. The van der Waals surface area contributed by atoms with Crippen LogP contribution >= 0.6 is 0 Å². The van der Waals surface area contributed by atoms with E-state index in [1.807, 2.05) is 17.0 Å². The molecule has 3 heterocycles. The second-order valence-corrected chi connectivity index (χ2v) is 10.4. The number of amides is 3. The SMILES string of the molecule is Cc1ccccc1N1CCN(c2ccc(C(=O)NCCCN3CCCC3=O)cc2NC(=O)c2conc2C)CC1. The highest BCUT2D eigenvalue weighted by molar-refractivity contribution is 6.07.